The molecule has 8 aromatic rings. The molecule has 0 N–H and O–H groups in total. The van der Waals surface area contributed by atoms with Crippen molar-refractivity contribution in [2.45, 2.75) is 12.8 Å². The summed E-state index contributed by atoms with van der Waals surface area (Å²) >= 11 is 1.80. The number of benzene rings is 5. The van der Waals surface area contributed by atoms with Gasteiger partial charge in [-0.05, 0) is 53.8 Å². The van der Waals surface area contributed by atoms with Crippen molar-refractivity contribution in [2.24, 2.45) is 0 Å². The predicted octanol–water partition coefficient (Wildman–Crippen LogP) is 11.4. The van der Waals surface area contributed by atoms with Crippen LogP contribution in [0.4, 0.5) is 0 Å². The number of para-hydroxylation sites is 1. The van der Waals surface area contributed by atoms with Crippen LogP contribution in [0.3, 0.4) is 0 Å². The maximum absolute atomic E-state index is 5.12. The fraction of sp³-hybridized carbons (Fsp3) is 0.0455. The second-order valence-corrected chi connectivity index (χ2v) is 13.3. The van der Waals surface area contributed by atoms with Crippen molar-refractivity contribution >= 4 is 28.3 Å². The minimum absolute atomic E-state index is 0.686. The van der Waals surface area contributed by atoms with E-state index in [2.05, 4.69) is 132 Å². The number of nitrogens with zero attached hydrogens (tertiary/aromatic N) is 4. The number of aromatic nitrogens is 4. The highest BCUT2D eigenvalue weighted by Gasteiger charge is 2.15. The molecule has 0 amide bonds. The Kier molecular flexibility index (Phi) is 7.45. The fourth-order valence-corrected chi connectivity index (χ4v) is 7.44. The van der Waals surface area contributed by atoms with Gasteiger partial charge in [0, 0.05) is 44.3 Å². The second-order valence-electron chi connectivity index (χ2n) is 12.2. The summed E-state index contributed by atoms with van der Waals surface area (Å²) in [5, 5.41) is 2.19. The largest absolute Gasteiger partial charge is 0.256 e. The van der Waals surface area contributed by atoms with Crippen molar-refractivity contribution in [3.05, 3.63) is 162 Å². The highest BCUT2D eigenvalue weighted by Crippen LogP contribution is 2.35. The highest BCUT2D eigenvalue weighted by atomic mass is 32.1. The number of aryl methyl sites for hydroxylation is 1. The molecule has 1 aliphatic carbocycles. The van der Waals surface area contributed by atoms with E-state index in [0.29, 0.717) is 5.82 Å². The van der Waals surface area contributed by atoms with Crippen molar-refractivity contribution in [1.29, 1.82) is 0 Å². The summed E-state index contributed by atoms with van der Waals surface area (Å²) in [6, 6.07) is 48.6. The molecule has 0 aliphatic heterocycles. The number of hydrogen-bond acceptors (Lipinski definition) is 5. The van der Waals surface area contributed by atoms with Gasteiger partial charge in [-0.25, -0.2) is 15.0 Å². The van der Waals surface area contributed by atoms with Crippen molar-refractivity contribution in [2.75, 3.05) is 0 Å². The van der Waals surface area contributed by atoms with Gasteiger partial charge in [0.05, 0.1) is 22.6 Å². The molecule has 0 fully saturated rings. The molecule has 1 aliphatic rings. The van der Waals surface area contributed by atoms with Crippen LogP contribution >= 0.6 is 11.3 Å². The first-order valence-electron chi connectivity index (χ1n) is 16.5. The van der Waals surface area contributed by atoms with Crippen LogP contribution in [0.5, 0.6) is 0 Å². The molecule has 9 rings (SSSR count). The summed E-state index contributed by atoms with van der Waals surface area (Å²) in [7, 11) is 0. The average molecular weight is 647 g/mol. The Labute approximate surface area is 289 Å². The molecule has 4 nitrogen and oxygen atoms in total. The number of pyridine rings is 1. The van der Waals surface area contributed by atoms with Gasteiger partial charge in [-0.15, -0.1) is 11.3 Å². The van der Waals surface area contributed by atoms with E-state index in [9.17, 15) is 0 Å². The third-order valence-electron chi connectivity index (χ3n) is 9.05. The quantitative estimate of drug-likeness (QED) is 0.180. The van der Waals surface area contributed by atoms with Crippen LogP contribution in [0.2, 0.25) is 0 Å². The van der Waals surface area contributed by atoms with Crippen molar-refractivity contribution in [3.8, 4) is 66.7 Å². The summed E-state index contributed by atoms with van der Waals surface area (Å²) in [5.41, 5.74) is 12.6. The average Bonchev–Trinajstić information content (AvgIpc) is 3.63. The Morgan fingerprint density at radius 3 is 1.80 bits per heavy atom. The zero-order valence-electron chi connectivity index (χ0n) is 26.6. The van der Waals surface area contributed by atoms with E-state index in [1.807, 2.05) is 30.5 Å². The zero-order valence-corrected chi connectivity index (χ0v) is 27.4. The highest BCUT2D eigenvalue weighted by molar-refractivity contribution is 7.15. The molecule has 0 saturated carbocycles. The van der Waals surface area contributed by atoms with E-state index in [1.54, 1.807) is 11.3 Å². The summed E-state index contributed by atoms with van der Waals surface area (Å²) < 4.78 is 0. The van der Waals surface area contributed by atoms with Gasteiger partial charge in [-0.2, -0.15) is 0 Å². The number of fused-ring (bicyclic) bond motifs is 2. The number of hydrogen-bond donors (Lipinski definition) is 0. The fourth-order valence-electron chi connectivity index (χ4n) is 6.37. The van der Waals surface area contributed by atoms with Crippen molar-refractivity contribution in [1.82, 2.24) is 19.9 Å². The second kappa shape index (κ2) is 12.5. The standard InChI is InChI=1S/C44H30N4S/c1-2-8-29(9-3-1)30-14-18-32(19-15-30)40-27-41(33-20-24-35(25-21-33)44-48-39-12-6-7-13-42(39)49-44)47-43(46-40)34-22-16-31(17-23-34)37-26-36-10-4-5-11-38(36)45-28-37/h1-6,8-12,14-28H,7,13H2. The molecule has 3 aromatic heterocycles. The molecular weight excluding hydrogens is 617 g/mol. The maximum atomic E-state index is 5.12. The van der Waals surface area contributed by atoms with Gasteiger partial charge in [-0.3, -0.25) is 4.98 Å². The Morgan fingerprint density at radius 1 is 0.490 bits per heavy atom. The van der Waals surface area contributed by atoms with Crippen LogP contribution in [0.15, 0.2) is 152 Å². The van der Waals surface area contributed by atoms with Gasteiger partial charge in [0.15, 0.2) is 5.82 Å². The summed E-state index contributed by atoms with van der Waals surface area (Å²) in [6.07, 6.45) is 8.45. The monoisotopic (exact) mass is 646 g/mol. The number of thiazole rings is 1. The van der Waals surface area contributed by atoms with Crippen LogP contribution in [-0.4, -0.2) is 19.9 Å². The topological polar surface area (TPSA) is 51.6 Å². The van der Waals surface area contributed by atoms with Crippen molar-refractivity contribution in [3.63, 3.8) is 0 Å². The molecule has 232 valence electrons. The van der Waals surface area contributed by atoms with Crippen LogP contribution in [0, 0.1) is 0 Å². The van der Waals surface area contributed by atoms with Crippen molar-refractivity contribution < 1.29 is 0 Å². The minimum Gasteiger partial charge on any atom is -0.256 e. The lowest BCUT2D eigenvalue weighted by Gasteiger charge is -2.11. The predicted molar refractivity (Wildman–Crippen MR) is 203 cm³/mol. The van der Waals surface area contributed by atoms with Gasteiger partial charge >= 0.3 is 0 Å². The van der Waals surface area contributed by atoms with Crippen LogP contribution < -0.4 is 0 Å². The summed E-state index contributed by atoms with van der Waals surface area (Å²) in [5.74, 6) is 0.686. The zero-order chi connectivity index (χ0) is 32.6. The van der Waals surface area contributed by atoms with Crippen LogP contribution in [-0.2, 0) is 6.42 Å². The number of allylic oxidation sites excluding steroid dienone is 1. The van der Waals surface area contributed by atoms with E-state index in [0.717, 1.165) is 79.2 Å². The molecular formula is C44H30N4S. The van der Waals surface area contributed by atoms with Gasteiger partial charge < -0.3 is 0 Å². The Bertz CT molecular complexity index is 2460. The van der Waals surface area contributed by atoms with E-state index < -0.39 is 0 Å². The molecule has 5 aromatic carbocycles. The molecule has 0 atom stereocenters. The lowest BCUT2D eigenvalue weighted by atomic mass is 10.0. The molecule has 0 saturated heterocycles. The lowest BCUT2D eigenvalue weighted by Crippen LogP contribution is -1.96. The van der Waals surface area contributed by atoms with Gasteiger partial charge in [-0.1, -0.05) is 127 Å². The SMILES string of the molecule is C1=Cc2nc(-c3ccc(-c4cc(-c5ccc(-c6ccccc6)cc5)nc(-c5ccc(-c6cnc7ccccc7c6)cc5)n4)cc3)sc2CC1. The Morgan fingerprint density at radius 2 is 1.08 bits per heavy atom. The lowest BCUT2D eigenvalue weighted by molar-refractivity contribution is 1.00. The van der Waals surface area contributed by atoms with E-state index in [4.69, 9.17) is 15.0 Å². The molecule has 0 bridgehead atoms. The first-order chi connectivity index (χ1) is 24.2. The summed E-state index contributed by atoms with van der Waals surface area (Å²) in [4.78, 5) is 21.2. The Hall–Kier alpha value is -6.04. The molecule has 5 heteroatoms. The van der Waals surface area contributed by atoms with E-state index >= 15 is 0 Å². The van der Waals surface area contributed by atoms with Crippen LogP contribution in [0.25, 0.3) is 83.7 Å². The van der Waals surface area contributed by atoms with Crippen LogP contribution in [0.1, 0.15) is 17.0 Å². The molecule has 0 radical (unpaired) electrons. The molecule has 0 spiro atoms. The third kappa shape index (κ3) is 5.86. The molecule has 0 unspecified atom stereocenters. The van der Waals surface area contributed by atoms with Gasteiger partial charge in [0.25, 0.3) is 0 Å². The normalized spacial score (nSPS) is 12.2. The molecule has 49 heavy (non-hydrogen) atoms. The maximum Gasteiger partial charge on any atom is 0.160 e. The first-order valence-corrected chi connectivity index (χ1v) is 17.3. The smallest absolute Gasteiger partial charge is 0.160 e. The number of rotatable bonds is 6. The Balaban J connectivity index is 1.09. The van der Waals surface area contributed by atoms with Gasteiger partial charge in [0.2, 0.25) is 0 Å². The van der Waals surface area contributed by atoms with Gasteiger partial charge in [0.1, 0.15) is 5.01 Å². The third-order valence-corrected chi connectivity index (χ3v) is 10.2. The van der Waals surface area contributed by atoms with E-state index in [1.165, 1.54) is 16.0 Å². The van der Waals surface area contributed by atoms with E-state index in [-0.39, 0.29) is 0 Å². The minimum atomic E-state index is 0.686. The summed E-state index contributed by atoms with van der Waals surface area (Å²) in [6.45, 7) is 0. The molecule has 3 heterocycles. The first kappa shape index (κ1) is 29.1.